The third-order valence-electron chi connectivity index (χ3n) is 3.18. The van der Waals surface area contributed by atoms with Crippen molar-refractivity contribution in [3.05, 3.63) is 24.0 Å². The van der Waals surface area contributed by atoms with Crippen molar-refractivity contribution in [3.8, 4) is 5.75 Å². The lowest BCUT2D eigenvalue weighted by atomic mass is 10.1. The molecule has 4 heteroatoms. The SMILES string of the molecule is CCNC(C)c1ccc(OC2CCOCC2)cn1. The molecule has 4 nitrogen and oxygen atoms in total. The van der Waals surface area contributed by atoms with Gasteiger partial charge in [0.05, 0.1) is 25.1 Å². The highest BCUT2D eigenvalue weighted by atomic mass is 16.5. The molecule has 1 unspecified atom stereocenters. The molecular formula is C14H22N2O2. The van der Waals surface area contributed by atoms with Gasteiger partial charge in [-0.25, -0.2) is 0 Å². The largest absolute Gasteiger partial charge is 0.489 e. The van der Waals surface area contributed by atoms with Crippen LogP contribution in [0.25, 0.3) is 0 Å². The van der Waals surface area contributed by atoms with E-state index in [0.29, 0.717) is 0 Å². The summed E-state index contributed by atoms with van der Waals surface area (Å²) in [4.78, 5) is 4.44. The standard InChI is InChI=1S/C14H22N2O2/c1-3-15-11(2)14-5-4-13(10-16-14)18-12-6-8-17-9-7-12/h4-5,10-12,15H,3,6-9H2,1-2H3. The van der Waals surface area contributed by atoms with Crippen LogP contribution in [0.4, 0.5) is 0 Å². The summed E-state index contributed by atoms with van der Waals surface area (Å²) in [5, 5.41) is 3.34. The molecule has 1 aromatic rings. The van der Waals surface area contributed by atoms with Gasteiger partial charge in [0.1, 0.15) is 11.9 Å². The van der Waals surface area contributed by atoms with Gasteiger partial charge in [0.2, 0.25) is 0 Å². The molecule has 0 aliphatic carbocycles. The zero-order valence-electron chi connectivity index (χ0n) is 11.2. The van der Waals surface area contributed by atoms with Gasteiger partial charge in [0, 0.05) is 18.9 Å². The van der Waals surface area contributed by atoms with Gasteiger partial charge < -0.3 is 14.8 Å². The van der Waals surface area contributed by atoms with Crippen molar-refractivity contribution in [3.63, 3.8) is 0 Å². The highest BCUT2D eigenvalue weighted by molar-refractivity contribution is 5.21. The number of nitrogens with zero attached hydrogens (tertiary/aromatic N) is 1. The Hall–Kier alpha value is -1.13. The third-order valence-corrected chi connectivity index (χ3v) is 3.18. The van der Waals surface area contributed by atoms with Crippen molar-refractivity contribution in [2.75, 3.05) is 19.8 Å². The number of nitrogens with one attached hydrogen (secondary N) is 1. The maximum absolute atomic E-state index is 5.89. The van der Waals surface area contributed by atoms with Gasteiger partial charge in [-0.1, -0.05) is 6.92 Å². The van der Waals surface area contributed by atoms with Crippen LogP contribution in [0.5, 0.6) is 5.75 Å². The first-order valence-corrected chi connectivity index (χ1v) is 6.73. The summed E-state index contributed by atoms with van der Waals surface area (Å²) in [6, 6.07) is 4.32. The van der Waals surface area contributed by atoms with E-state index in [-0.39, 0.29) is 12.1 Å². The van der Waals surface area contributed by atoms with E-state index in [0.717, 1.165) is 44.0 Å². The van der Waals surface area contributed by atoms with Crippen molar-refractivity contribution >= 4 is 0 Å². The topological polar surface area (TPSA) is 43.4 Å². The number of hydrogen-bond acceptors (Lipinski definition) is 4. The van der Waals surface area contributed by atoms with E-state index >= 15 is 0 Å². The maximum atomic E-state index is 5.89. The molecule has 2 heterocycles. The van der Waals surface area contributed by atoms with Crippen LogP contribution in [0.2, 0.25) is 0 Å². The van der Waals surface area contributed by atoms with Crippen LogP contribution in [0.1, 0.15) is 38.4 Å². The summed E-state index contributed by atoms with van der Waals surface area (Å²) < 4.78 is 11.2. The molecule has 1 saturated heterocycles. The Bertz CT molecular complexity index is 347. The van der Waals surface area contributed by atoms with E-state index in [1.165, 1.54) is 0 Å². The minimum absolute atomic E-state index is 0.276. The number of aromatic nitrogens is 1. The normalized spacial score (nSPS) is 18.6. The average Bonchev–Trinajstić information content (AvgIpc) is 2.41. The second kappa shape index (κ2) is 6.71. The van der Waals surface area contributed by atoms with E-state index < -0.39 is 0 Å². The molecule has 0 amide bonds. The van der Waals surface area contributed by atoms with Gasteiger partial charge in [-0.2, -0.15) is 0 Å². The van der Waals surface area contributed by atoms with Crippen molar-refractivity contribution < 1.29 is 9.47 Å². The van der Waals surface area contributed by atoms with Gasteiger partial charge in [-0.15, -0.1) is 0 Å². The van der Waals surface area contributed by atoms with Gasteiger partial charge in [-0.05, 0) is 25.6 Å². The minimum Gasteiger partial charge on any atom is -0.489 e. The molecule has 1 aliphatic heterocycles. The highest BCUT2D eigenvalue weighted by Gasteiger charge is 2.15. The first-order chi connectivity index (χ1) is 8.79. The third kappa shape index (κ3) is 3.68. The fraction of sp³-hybridized carbons (Fsp3) is 0.643. The van der Waals surface area contributed by atoms with Crippen LogP contribution in [0, 0.1) is 0 Å². The molecule has 100 valence electrons. The molecule has 0 spiro atoms. The zero-order valence-corrected chi connectivity index (χ0v) is 11.2. The fourth-order valence-corrected chi connectivity index (χ4v) is 2.11. The minimum atomic E-state index is 0.276. The van der Waals surface area contributed by atoms with E-state index in [9.17, 15) is 0 Å². The van der Waals surface area contributed by atoms with Crippen molar-refractivity contribution in [2.24, 2.45) is 0 Å². The molecule has 18 heavy (non-hydrogen) atoms. The number of ether oxygens (including phenoxy) is 2. The molecule has 0 saturated carbocycles. The van der Waals surface area contributed by atoms with Gasteiger partial charge in [0.15, 0.2) is 0 Å². The van der Waals surface area contributed by atoms with Crippen LogP contribution in [-0.2, 0) is 4.74 Å². The molecule has 0 bridgehead atoms. The second-order valence-corrected chi connectivity index (χ2v) is 4.63. The molecule has 1 N–H and O–H groups in total. The lowest BCUT2D eigenvalue weighted by Crippen LogP contribution is -2.26. The first kappa shape index (κ1) is 13.3. The Morgan fingerprint density at radius 2 is 2.22 bits per heavy atom. The molecular weight excluding hydrogens is 228 g/mol. The van der Waals surface area contributed by atoms with Crippen LogP contribution in [0.3, 0.4) is 0 Å². The molecule has 1 aliphatic rings. The first-order valence-electron chi connectivity index (χ1n) is 6.73. The Morgan fingerprint density at radius 3 is 2.83 bits per heavy atom. The fourth-order valence-electron chi connectivity index (χ4n) is 2.11. The predicted octanol–water partition coefficient (Wildman–Crippen LogP) is 2.31. The number of rotatable bonds is 5. The van der Waals surface area contributed by atoms with Crippen molar-refractivity contribution in [2.45, 2.75) is 38.8 Å². The van der Waals surface area contributed by atoms with Crippen LogP contribution in [-0.4, -0.2) is 30.8 Å². The molecule has 0 aromatic carbocycles. The van der Waals surface area contributed by atoms with E-state index in [1.54, 1.807) is 0 Å². The Morgan fingerprint density at radius 1 is 1.44 bits per heavy atom. The van der Waals surface area contributed by atoms with Gasteiger partial charge in [0.25, 0.3) is 0 Å². The monoisotopic (exact) mass is 250 g/mol. The van der Waals surface area contributed by atoms with E-state index in [2.05, 4.69) is 24.1 Å². The second-order valence-electron chi connectivity index (χ2n) is 4.63. The molecule has 1 atom stereocenters. The van der Waals surface area contributed by atoms with Gasteiger partial charge >= 0.3 is 0 Å². The summed E-state index contributed by atoms with van der Waals surface area (Å²) in [5.74, 6) is 0.856. The van der Waals surface area contributed by atoms with E-state index in [1.807, 2.05) is 18.3 Å². The van der Waals surface area contributed by atoms with Crippen LogP contribution in [0.15, 0.2) is 18.3 Å². The van der Waals surface area contributed by atoms with Gasteiger partial charge in [-0.3, -0.25) is 4.98 Å². The highest BCUT2D eigenvalue weighted by Crippen LogP contribution is 2.18. The Labute approximate surface area is 109 Å². The molecule has 1 aromatic heterocycles. The lowest BCUT2D eigenvalue weighted by molar-refractivity contribution is 0.0254. The molecule has 1 fully saturated rings. The van der Waals surface area contributed by atoms with Crippen molar-refractivity contribution in [1.29, 1.82) is 0 Å². The van der Waals surface area contributed by atoms with E-state index in [4.69, 9.17) is 9.47 Å². The van der Waals surface area contributed by atoms with Crippen LogP contribution < -0.4 is 10.1 Å². The number of hydrogen-bond donors (Lipinski definition) is 1. The zero-order chi connectivity index (χ0) is 12.8. The molecule has 0 radical (unpaired) electrons. The maximum Gasteiger partial charge on any atom is 0.138 e. The smallest absolute Gasteiger partial charge is 0.138 e. The summed E-state index contributed by atoms with van der Waals surface area (Å²) in [5.41, 5.74) is 1.05. The predicted molar refractivity (Wildman–Crippen MR) is 70.8 cm³/mol. The lowest BCUT2D eigenvalue weighted by Gasteiger charge is -2.23. The quantitative estimate of drug-likeness (QED) is 0.871. The van der Waals surface area contributed by atoms with Crippen molar-refractivity contribution in [1.82, 2.24) is 10.3 Å². The Balaban J connectivity index is 1.90. The summed E-state index contributed by atoms with van der Waals surface area (Å²) in [7, 11) is 0. The number of pyridine rings is 1. The average molecular weight is 250 g/mol. The summed E-state index contributed by atoms with van der Waals surface area (Å²) in [6.45, 7) is 6.76. The molecule has 2 rings (SSSR count). The Kier molecular flexibility index (Phi) is 4.96. The summed E-state index contributed by atoms with van der Waals surface area (Å²) in [6.07, 6.45) is 4.03. The van der Waals surface area contributed by atoms with Crippen LogP contribution >= 0.6 is 0 Å². The summed E-state index contributed by atoms with van der Waals surface area (Å²) >= 11 is 0.